The first kappa shape index (κ1) is 12.4. The third-order valence-corrected chi connectivity index (χ3v) is 4.49. The zero-order valence-electron chi connectivity index (χ0n) is 9.72. The monoisotopic (exact) mass is 336 g/mol. The molecule has 0 radical (unpaired) electrons. The largest absolute Gasteiger partial charge is 0.328 e. The molecule has 0 spiro atoms. The van der Waals surface area contributed by atoms with Gasteiger partial charge in [0.15, 0.2) is 0 Å². The van der Waals surface area contributed by atoms with Gasteiger partial charge >= 0.3 is 5.69 Å². The Balaban J connectivity index is 2.14. The van der Waals surface area contributed by atoms with E-state index in [9.17, 15) is 9.59 Å². The Morgan fingerprint density at radius 3 is 2.89 bits per heavy atom. The van der Waals surface area contributed by atoms with Crippen LogP contribution in [-0.4, -0.2) is 9.55 Å². The first-order valence-corrected chi connectivity index (χ1v) is 7.27. The number of aromatic amines is 1. The molecule has 0 saturated heterocycles. The molecule has 0 aliphatic heterocycles. The van der Waals surface area contributed by atoms with E-state index in [1.807, 2.05) is 29.6 Å². The number of H-pyrrole nitrogens is 1. The third kappa shape index (κ3) is 2.17. The summed E-state index contributed by atoms with van der Waals surface area (Å²) >= 11 is 4.74. The number of thiophene rings is 1. The van der Waals surface area contributed by atoms with Crippen LogP contribution in [0.15, 0.2) is 49.9 Å². The number of nitrogens with zero attached hydrogens (tertiary/aromatic N) is 1. The van der Waals surface area contributed by atoms with Gasteiger partial charge in [-0.25, -0.2) is 4.79 Å². The highest BCUT2D eigenvalue weighted by Gasteiger charge is 2.09. The molecule has 96 valence electrons. The van der Waals surface area contributed by atoms with E-state index in [0.717, 1.165) is 15.6 Å². The topological polar surface area (TPSA) is 54.9 Å². The maximum Gasteiger partial charge on any atom is 0.328 e. The summed E-state index contributed by atoms with van der Waals surface area (Å²) in [5, 5.41) is 3.07. The van der Waals surface area contributed by atoms with E-state index in [0.29, 0.717) is 4.47 Å². The van der Waals surface area contributed by atoms with Crippen molar-refractivity contribution in [2.45, 2.75) is 6.54 Å². The summed E-state index contributed by atoms with van der Waals surface area (Å²) in [6.07, 6.45) is 1.37. The second kappa shape index (κ2) is 4.79. The average Bonchev–Trinajstić information content (AvgIpc) is 2.83. The lowest BCUT2D eigenvalue weighted by Crippen LogP contribution is -2.35. The standard InChI is InChI=1S/C13H9BrN2O2S/c14-10-5-15-13(18)16(12(10)17)6-8-7-19-11-4-2-1-3-9(8)11/h1-5,7H,6H2,(H,15,18). The molecular formula is C13H9BrN2O2S. The van der Waals surface area contributed by atoms with E-state index in [2.05, 4.69) is 20.9 Å². The van der Waals surface area contributed by atoms with Gasteiger partial charge in [-0.3, -0.25) is 9.36 Å². The predicted octanol–water partition coefficient (Wildman–Crippen LogP) is 2.56. The Labute approximate surface area is 120 Å². The highest BCUT2D eigenvalue weighted by Crippen LogP contribution is 2.25. The van der Waals surface area contributed by atoms with Gasteiger partial charge in [-0.05, 0) is 38.3 Å². The minimum atomic E-state index is -0.400. The van der Waals surface area contributed by atoms with Crippen molar-refractivity contribution in [3.8, 4) is 0 Å². The van der Waals surface area contributed by atoms with Crippen molar-refractivity contribution in [2.75, 3.05) is 0 Å². The summed E-state index contributed by atoms with van der Waals surface area (Å²) in [6, 6.07) is 7.95. The molecule has 0 aliphatic rings. The molecule has 0 amide bonds. The van der Waals surface area contributed by atoms with Crippen LogP contribution in [0.1, 0.15) is 5.56 Å². The number of halogens is 1. The fraction of sp³-hybridized carbons (Fsp3) is 0.0769. The molecule has 3 aromatic rings. The highest BCUT2D eigenvalue weighted by atomic mass is 79.9. The molecule has 2 heterocycles. The van der Waals surface area contributed by atoms with E-state index in [1.165, 1.54) is 10.8 Å². The normalized spacial score (nSPS) is 11.0. The van der Waals surface area contributed by atoms with Gasteiger partial charge in [0.05, 0.1) is 11.0 Å². The van der Waals surface area contributed by atoms with Crippen molar-refractivity contribution in [1.29, 1.82) is 0 Å². The van der Waals surface area contributed by atoms with E-state index in [1.54, 1.807) is 11.3 Å². The van der Waals surface area contributed by atoms with Crippen LogP contribution in [0, 0.1) is 0 Å². The predicted molar refractivity (Wildman–Crippen MR) is 79.9 cm³/mol. The van der Waals surface area contributed by atoms with Crippen LogP contribution in [0.5, 0.6) is 0 Å². The van der Waals surface area contributed by atoms with Crippen LogP contribution < -0.4 is 11.2 Å². The molecule has 0 saturated carbocycles. The number of benzene rings is 1. The molecule has 6 heteroatoms. The van der Waals surface area contributed by atoms with Crippen LogP contribution in [0.25, 0.3) is 10.1 Å². The Hall–Kier alpha value is -1.66. The van der Waals surface area contributed by atoms with Gasteiger partial charge in [-0.2, -0.15) is 0 Å². The molecule has 0 aliphatic carbocycles. The fourth-order valence-corrected chi connectivity index (χ4v) is 3.24. The van der Waals surface area contributed by atoms with E-state index >= 15 is 0 Å². The first-order valence-electron chi connectivity index (χ1n) is 5.60. The van der Waals surface area contributed by atoms with Gasteiger partial charge in [-0.15, -0.1) is 11.3 Å². The maximum absolute atomic E-state index is 12.0. The molecule has 0 fully saturated rings. The van der Waals surface area contributed by atoms with Gasteiger partial charge in [0.2, 0.25) is 0 Å². The minimum Gasteiger partial charge on any atom is -0.313 e. The Bertz CT molecular complexity index is 863. The summed E-state index contributed by atoms with van der Waals surface area (Å²) in [5.74, 6) is 0. The lowest BCUT2D eigenvalue weighted by molar-refractivity contribution is 0.698. The van der Waals surface area contributed by atoms with Crippen molar-refractivity contribution in [3.63, 3.8) is 0 Å². The fourth-order valence-electron chi connectivity index (χ4n) is 1.96. The van der Waals surface area contributed by atoms with Crippen LogP contribution in [-0.2, 0) is 6.54 Å². The number of nitrogens with one attached hydrogen (secondary N) is 1. The van der Waals surface area contributed by atoms with Gasteiger partial charge in [0.25, 0.3) is 5.56 Å². The van der Waals surface area contributed by atoms with E-state index in [-0.39, 0.29) is 12.1 Å². The third-order valence-electron chi connectivity index (χ3n) is 2.91. The number of aromatic nitrogens is 2. The van der Waals surface area contributed by atoms with Gasteiger partial charge in [0, 0.05) is 10.9 Å². The van der Waals surface area contributed by atoms with Gasteiger partial charge in [0.1, 0.15) is 0 Å². The molecule has 1 N–H and O–H groups in total. The maximum atomic E-state index is 12.0. The quantitative estimate of drug-likeness (QED) is 0.781. The zero-order valence-corrected chi connectivity index (χ0v) is 12.1. The van der Waals surface area contributed by atoms with Crippen molar-refractivity contribution in [1.82, 2.24) is 9.55 Å². The molecule has 4 nitrogen and oxygen atoms in total. The average molecular weight is 337 g/mol. The molecule has 0 unspecified atom stereocenters. The highest BCUT2D eigenvalue weighted by molar-refractivity contribution is 9.10. The van der Waals surface area contributed by atoms with Gasteiger partial charge in [-0.1, -0.05) is 18.2 Å². The second-order valence-electron chi connectivity index (χ2n) is 4.09. The molecular weight excluding hydrogens is 328 g/mol. The number of hydrogen-bond acceptors (Lipinski definition) is 3. The van der Waals surface area contributed by atoms with Crippen molar-refractivity contribution in [2.24, 2.45) is 0 Å². The van der Waals surface area contributed by atoms with Crippen LogP contribution in [0.2, 0.25) is 0 Å². The lowest BCUT2D eigenvalue weighted by Gasteiger charge is -2.03. The van der Waals surface area contributed by atoms with E-state index in [4.69, 9.17) is 0 Å². The summed E-state index contributed by atoms with van der Waals surface area (Å²) in [4.78, 5) is 26.2. The van der Waals surface area contributed by atoms with Crippen LogP contribution in [0.3, 0.4) is 0 Å². The summed E-state index contributed by atoms with van der Waals surface area (Å²) in [5.41, 5.74) is 0.258. The SMILES string of the molecule is O=c1[nH]cc(Br)c(=O)n1Cc1csc2ccccc12. The smallest absolute Gasteiger partial charge is 0.313 e. The minimum absolute atomic E-state index is 0.275. The van der Waals surface area contributed by atoms with Crippen molar-refractivity contribution in [3.05, 3.63) is 66.7 Å². The summed E-state index contributed by atoms with van der Waals surface area (Å²) in [7, 11) is 0. The lowest BCUT2D eigenvalue weighted by atomic mass is 10.2. The second-order valence-corrected chi connectivity index (χ2v) is 5.86. The molecule has 3 rings (SSSR count). The van der Waals surface area contributed by atoms with Crippen LogP contribution >= 0.6 is 27.3 Å². The summed E-state index contributed by atoms with van der Waals surface area (Å²) < 4.78 is 2.70. The number of fused-ring (bicyclic) bond motifs is 1. The first-order chi connectivity index (χ1) is 9.16. The molecule has 19 heavy (non-hydrogen) atoms. The van der Waals surface area contributed by atoms with Crippen molar-refractivity contribution >= 4 is 37.4 Å². The number of rotatable bonds is 2. The molecule has 0 atom stereocenters. The van der Waals surface area contributed by atoms with Crippen molar-refractivity contribution < 1.29 is 0 Å². The van der Waals surface area contributed by atoms with Crippen LogP contribution in [0.4, 0.5) is 0 Å². The molecule has 0 bridgehead atoms. The Morgan fingerprint density at radius 1 is 1.26 bits per heavy atom. The Kier molecular flexibility index (Phi) is 3.12. The molecule has 2 aromatic heterocycles. The van der Waals surface area contributed by atoms with E-state index < -0.39 is 5.69 Å². The Morgan fingerprint density at radius 2 is 2.05 bits per heavy atom. The molecule has 1 aromatic carbocycles. The number of hydrogen-bond donors (Lipinski definition) is 1. The zero-order chi connectivity index (χ0) is 13.4. The van der Waals surface area contributed by atoms with Gasteiger partial charge < -0.3 is 4.98 Å². The summed E-state index contributed by atoms with van der Waals surface area (Å²) in [6.45, 7) is 0.275.